The van der Waals surface area contributed by atoms with Gasteiger partial charge in [0.25, 0.3) is 0 Å². The van der Waals surface area contributed by atoms with E-state index in [1.165, 1.54) is 7.05 Å². The van der Waals surface area contributed by atoms with Gasteiger partial charge in [0.2, 0.25) is 15.8 Å². The lowest BCUT2D eigenvalue weighted by Gasteiger charge is -2.16. The zero-order valence-electron chi connectivity index (χ0n) is 15.4. The highest BCUT2D eigenvalue weighted by Gasteiger charge is 2.17. The van der Waals surface area contributed by atoms with Crippen LogP contribution in [0.4, 0.5) is 5.69 Å². The van der Waals surface area contributed by atoms with E-state index in [1.807, 2.05) is 19.1 Å². The maximum atomic E-state index is 12.7. The normalized spacial score (nSPS) is 11.5. The number of carbonyl (C=O) groups excluding carboxylic acids is 1. The van der Waals surface area contributed by atoms with Crippen LogP contribution in [-0.4, -0.2) is 34.1 Å². The standard InChI is InChI=1S/C20H21NO5S/c1-4-11-25-17-10-7-15-12-19(26-18(15)13-17)20(22)14-5-8-16(9-6-14)21(2)27(3,23)24/h5-10,12-13H,4,11H2,1-3H3. The summed E-state index contributed by atoms with van der Waals surface area (Å²) in [4.78, 5) is 12.7. The van der Waals surface area contributed by atoms with E-state index < -0.39 is 10.0 Å². The SMILES string of the molecule is CCCOc1ccc2cc(C(=O)c3ccc(N(C)S(C)(=O)=O)cc3)oc2c1. The van der Waals surface area contributed by atoms with Crippen molar-refractivity contribution in [1.29, 1.82) is 0 Å². The van der Waals surface area contributed by atoms with Crippen molar-refractivity contribution in [1.82, 2.24) is 0 Å². The summed E-state index contributed by atoms with van der Waals surface area (Å²) < 4.78 is 35.6. The van der Waals surface area contributed by atoms with Crippen LogP contribution in [-0.2, 0) is 10.0 Å². The van der Waals surface area contributed by atoms with Crippen molar-refractivity contribution in [2.75, 3.05) is 24.2 Å². The maximum absolute atomic E-state index is 12.7. The van der Waals surface area contributed by atoms with Crippen LogP contribution < -0.4 is 9.04 Å². The van der Waals surface area contributed by atoms with Crippen LogP contribution in [0.25, 0.3) is 11.0 Å². The topological polar surface area (TPSA) is 76.8 Å². The van der Waals surface area contributed by atoms with Crippen molar-refractivity contribution in [3.63, 3.8) is 0 Å². The minimum Gasteiger partial charge on any atom is -0.493 e. The number of fused-ring (bicyclic) bond motifs is 1. The summed E-state index contributed by atoms with van der Waals surface area (Å²) in [6.07, 6.45) is 2.03. The predicted octanol–water partition coefficient (Wildman–Crippen LogP) is 3.85. The van der Waals surface area contributed by atoms with E-state index in [4.69, 9.17) is 9.15 Å². The molecule has 0 radical (unpaired) electrons. The molecular formula is C20H21NO5S. The molecular weight excluding hydrogens is 366 g/mol. The van der Waals surface area contributed by atoms with E-state index in [1.54, 1.807) is 36.4 Å². The summed E-state index contributed by atoms with van der Waals surface area (Å²) in [6, 6.07) is 13.5. The van der Waals surface area contributed by atoms with Gasteiger partial charge in [-0.25, -0.2) is 8.42 Å². The van der Waals surface area contributed by atoms with E-state index in [-0.39, 0.29) is 11.5 Å². The number of anilines is 1. The summed E-state index contributed by atoms with van der Waals surface area (Å²) in [5, 5.41) is 0.815. The van der Waals surface area contributed by atoms with Crippen LogP contribution in [0, 0.1) is 0 Å². The van der Waals surface area contributed by atoms with Crippen LogP contribution in [0.1, 0.15) is 29.5 Å². The number of benzene rings is 2. The zero-order valence-corrected chi connectivity index (χ0v) is 16.2. The van der Waals surface area contributed by atoms with Gasteiger partial charge in [-0.2, -0.15) is 0 Å². The molecule has 0 unspecified atom stereocenters. The fourth-order valence-corrected chi connectivity index (χ4v) is 3.09. The molecule has 3 rings (SSSR count). The fourth-order valence-electron chi connectivity index (χ4n) is 2.59. The molecule has 27 heavy (non-hydrogen) atoms. The van der Waals surface area contributed by atoms with Gasteiger partial charge in [-0.1, -0.05) is 6.92 Å². The van der Waals surface area contributed by atoms with E-state index in [9.17, 15) is 13.2 Å². The molecule has 0 atom stereocenters. The smallest absolute Gasteiger partial charge is 0.231 e. The average molecular weight is 387 g/mol. The van der Waals surface area contributed by atoms with Gasteiger partial charge in [0.15, 0.2) is 5.76 Å². The molecule has 0 aliphatic heterocycles. The van der Waals surface area contributed by atoms with Crippen molar-refractivity contribution in [3.05, 3.63) is 59.9 Å². The summed E-state index contributed by atoms with van der Waals surface area (Å²) in [7, 11) is -1.89. The Balaban J connectivity index is 1.85. The first kappa shape index (κ1) is 19.0. The van der Waals surface area contributed by atoms with Gasteiger partial charge in [0.1, 0.15) is 11.3 Å². The monoisotopic (exact) mass is 387 g/mol. The largest absolute Gasteiger partial charge is 0.493 e. The van der Waals surface area contributed by atoms with E-state index in [0.717, 1.165) is 22.4 Å². The molecule has 1 heterocycles. The van der Waals surface area contributed by atoms with Crippen LogP contribution in [0.2, 0.25) is 0 Å². The summed E-state index contributed by atoms with van der Waals surface area (Å²) in [5.74, 6) is 0.656. The number of ketones is 1. The minimum atomic E-state index is -3.35. The molecule has 0 N–H and O–H groups in total. The Morgan fingerprint density at radius 2 is 1.81 bits per heavy atom. The first-order chi connectivity index (χ1) is 12.8. The second kappa shape index (κ2) is 7.44. The molecule has 0 spiro atoms. The van der Waals surface area contributed by atoms with Gasteiger partial charge in [0.05, 0.1) is 18.6 Å². The molecule has 0 fully saturated rings. The first-order valence-corrected chi connectivity index (χ1v) is 10.4. The third-order valence-corrected chi connectivity index (χ3v) is 5.38. The third kappa shape index (κ3) is 4.14. The molecule has 6 nitrogen and oxygen atoms in total. The Labute approximate surface area is 158 Å². The number of furan rings is 1. The molecule has 3 aromatic rings. The Hall–Kier alpha value is -2.80. The molecule has 142 valence electrons. The lowest BCUT2D eigenvalue weighted by atomic mass is 10.1. The Bertz CT molecular complexity index is 1070. The van der Waals surface area contributed by atoms with Gasteiger partial charge >= 0.3 is 0 Å². The lowest BCUT2D eigenvalue weighted by molar-refractivity contribution is 0.101. The molecule has 0 bridgehead atoms. The average Bonchev–Trinajstić information content (AvgIpc) is 3.08. The highest BCUT2D eigenvalue weighted by Crippen LogP contribution is 2.26. The van der Waals surface area contributed by atoms with Gasteiger partial charge in [-0.3, -0.25) is 9.10 Å². The molecule has 0 amide bonds. The number of sulfonamides is 1. The van der Waals surface area contributed by atoms with Gasteiger partial charge < -0.3 is 9.15 Å². The maximum Gasteiger partial charge on any atom is 0.231 e. The van der Waals surface area contributed by atoms with Crippen molar-refractivity contribution < 1.29 is 22.4 Å². The Morgan fingerprint density at radius 3 is 2.44 bits per heavy atom. The lowest BCUT2D eigenvalue weighted by Crippen LogP contribution is -2.24. The Morgan fingerprint density at radius 1 is 1.11 bits per heavy atom. The molecule has 0 aliphatic carbocycles. The van der Waals surface area contributed by atoms with Gasteiger partial charge in [-0.05, 0) is 48.9 Å². The molecule has 0 saturated heterocycles. The molecule has 0 aliphatic rings. The van der Waals surface area contributed by atoms with Crippen molar-refractivity contribution >= 4 is 32.5 Å². The minimum absolute atomic E-state index is 0.224. The van der Waals surface area contributed by atoms with Crippen LogP contribution in [0.5, 0.6) is 5.75 Å². The quantitative estimate of drug-likeness (QED) is 0.576. The Kier molecular flexibility index (Phi) is 5.23. The predicted molar refractivity (Wildman–Crippen MR) is 105 cm³/mol. The highest BCUT2D eigenvalue weighted by molar-refractivity contribution is 7.92. The van der Waals surface area contributed by atoms with Crippen LogP contribution >= 0.6 is 0 Å². The third-order valence-electron chi connectivity index (χ3n) is 4.18. The van der Waals surface area contributed by atoms with Crippen LogP contribution in [0.3, 0.4) is 0 Å². The summed E-state index contributed by atoms with van der Waals surface area (Å²) in [5.41, 5.74) is 1.49. The highest BCUT2D eigenvalue weighted by atomic mass is 32.2. The number of ether oxygens (including phenoxy) is 1. The first-order valence-electron chi connectivity index (χ1n) is 8.54. The number of carbonyl (C=O) groups is 1. The van der Waals surface area contributed by atoms with E-state index in [2.05, 4.69) is 0 Å². The number of rotatable bonds is 7. The van der Waals surface area contributed by atoms with Crippen LogP contribution in [0.15, 0.2) is 52.9 Å². The second-order valence-corrected chi connectivity index (χ2v) is 8.28. The molecule has 7 heteroatoms. The van der Waals surface area contributed by atoms with Crippen molar-refractivity contribution in [2.24, 2.45) is 0 Å². The van der Waals surface area contributed by atoms with E-state index in [0.29, 0.717) is 29.2 Å². The zero-order chi connectivity index (χ0) is 19.6. The van der Waals surface area contributed by atoms with Crippen molar-refractivity contribution in [2.45, 2.75) is 13.3 Å². The molecule has 2 aromatic carbocycles. The molecule has 0 saturated carbocycles. The number of nitrogens with zero attached hydrogens (tertiary/aromatic N) is 1. The summed E-state index contributed by atoms with van der Waals surface area (Å²) in [6.45, 7) is 2.65. The van der Waals surface area contributed by atoms with Gasteiger partial charge in [0, 0.05) is 24.1 Å². The van der Waals surface area contributed by atoms with E-state index >= 15 is 0 Å². The van der Waals surface area contributed by atoms with Gasteiger partial charge in [-0.15, -0.1) is 0 Å². The number of hydrogen-bond acceptors (Lipinski definition) is 5. The van der Waals surface area contributed by atoms with Crippen molar-refractivity contribution in [3.8, 4) is 5.75 Å². The second-order valence-electron chi connectivity index (χ2n) is 6.27. The number of hydrogen-bond donors (Lipinski definition) is 0. The fraction of sp³-hybridized carbons (Fsp3) is 0.250. The summed E-state index contributed by atoms with van der Waals surface area (Å²) >= 11 is 0. The molecule has 1 aromatic heterocycles.